The summed E-state index contributed by atoms with van der Waals surface area (Å²) in [7, 11) is 0. The molecule has 0 aromatic heterocycles. The largest absolute Gasteiger partial charge is 0.448 e. The molecule has 0 radical (unpaired) electrons. The fourth-order valence-corrected chi connectivity index (χ4v) is 3.93. The van der Waals surface area contributed by atoms with Crippen LogP contribution in [0.3, 0.4) is 0 Å². The average Bonchev–Trinajstić information content (AvgIpc) is 3.00. The summed E-state index contributed by atoms with van der Waals surface area (Å²) >= 11 is 0. The maximum Gasteiger partial charge on any atom is 0.409 e. The molecule has 4 rings (SSSR count). The van der Waals surface area contributed by atoms with Crippen molar-refractivity contribution in [1.82, 2.24) is 4.90 Å². The molecule has 0 saturated carbocycles. The second-order valence-corrected chi connectivity index (χ2v) is 6.72. The third-order valence-corrected chi connectivity index (χ3v) is 5.20. The van der Waals surface area contributed by atoms with Crippen molar-refractivity contribution < 1.29 is 9.53 Å². The predicted molar refractivity (Wildman–Crippen MR) is 95.0 cm³/mol. The number of piperidine rings is 1. The van der Waals surface area contributed by atoms with Crippen LogP contribution in [0.2, 0.25) is 0 Å². The monoisotopic (exact) mass is 332 g/mol. The molecule has 2 aliphatic rings. The van der Waals surface area contributed by atoms with E-state index in [4.69, 9.17) is 10.00 Å². The number of benzene rings is 2. The molecule has 1 saturated heterocycles. The van der Waals surface area contributed by atoms with E-state index in [0.29, 0.717) is 19.7 Å². The molecule has 1 heterocycles. The molecule has 1 fully saturated rings. The number of likely N-dealkylation sites (tertiary alicyclic amines) is 1. The van der Waals surface area contributed by atoms with Crippen molar-refractivity contribution in [1.29, 1.82) is 5.26 Å². The first-order chi connectivity index (χ1) is 12.3. The van der Waals surface area contributed by atoms with Gasteiger partial charge in [0.1, 0.15) is 6.61 Å². The lowest BCUT2D eigenvalue weighted by Gasteiger charge is -2.29. The third-order valence-electron chi connectivity index (χ3n) is 5.20. The molecule has 1 atom stereocenters. The van der Waals surface area contributed by atoms with Gasteiger partial charge in [-0.15, -0.1) is 0 Å². The van der Waals surface area contributed by atoms with Crippen LogP contribution in [0.4, 0.5) is 4.79 Å². The molecule has 4 nitrogen and oxygen atoms in total. The van der Waals surface area contributed by atoms with Crippen molar-refractivity contribution in [3.05, 3.63) is 59.7 Å². The van der Waals surface area contributed by atoms with Gasteiger partial charge in [-0.3, -0.25) is 0 Å². The number of nitrogens with zero attached hydrogens (tertiary/aromatic N) is 2. The van der Waals surface area contributed by atoms with Crippen LogP contribution >= 0.6 is 0 Å². The maximum atomic E-state index is 12.4. The number of rotatable bonds is 2. The quantitative estimate of drug-likeness (QED) is 0.829. The zero-order chi connectivity index (χ0) is 17.2. The highest BCUT2D eigenvalue weighted by Crippen LogP contribution is 2.44. The van der Waals surface area contributed by atoms with E-state index >= 15 is 0 Å². The lowest BCUT2D eigenvalue weighted by molar-refractivity contribution is 0.0875. The van der Waals surface area contributed by atoms with Crippen molar-refractivity contribution >= 4 is 6.09 Å². The Hall–Kier alpha value is -2.80. The summed E-state index contributed by atoms with van der Waals surface area (Å²) in [6, 6.07) is 18.9. The molecule has 0 N–H and O–H groups in total. The van der Waals surface area contributed by atoms with E-state index < -0.39 is 0 Å². The van der Waals surface area contributed by atoms with Gasteiger partial charge in [-0.25, -0.2) is 4.79 Å². The lowest BCUT2D eigenvalue weighted by Crippen LogP contribution is -2.40. The summed E-state index contributed by atoms with van der Waals surface area (Å²) in [6.45, 7) is 1.49. The topological polar surface area (TPSA) is 53.3 Å². The van der Waals surface area contributed by atoms with E-state index in [9.17, 15) is 4.79 Å². The number of carbonyl (C=O) groups excluding carboxylic acids is 1. The van der Waals surface area contributed by atoms with Crippen LogP contribution in [0.15, 0.2) is 48.5 Å². The molecule has 0 bridgehead atoms. The average molecular weight is 332 g/mol. The molecular weight excluding hydrogens is 312 g/mol. The minimum atomic E-state index is -0.304. The second-order valence-electron chi connectivity index (χ2n) is 6.72. The minimum Gasteiger partial charge on any atom is -0.448 e. The Labute approximate surface area is 147 Å². The second kappa shape index (κ2) is 6.60. The van der Waals surface area contributed by atoms with E-state index in [1.54, 1.807) is 4.90 Å². The Bertz CT molecular complexity index is 794. The summed E-state index contributed by atoms with van der Waals surface area (Å²) in [6.07, 6.45) is 1.42. The van der Waals surface area contributed by atoms with Crippen LogP contribution in [0.25, 0.3) is 11.1 Å². The van der Waals surface area contributed by atoms with Crippen LogP contribution in [-0.2, 0) is 4.74 Å². The number of carbonyl (C=O) groups is 1. The van der Waals surface area contributed by atoms with Crippen molar-refractivity contribution in [3.8, 4) is 17.2 Å². The standard InChI is InChI=1S/C21H20N2O2/c22-12-15-6-5-11-23(13-15)21(24)25-14-20-18-9-3-1-7-16(18)17-8-2-4-10-19(17)20/h1-4,7-10,15,20H,5-6,11,13-14H2/t15-/m0/s1. The van der Waals surface area contributed by atoms with Crippen LogP contribution in [-0.4, -0.2) is 30.7 Å². The fourth-order valence-electron chi connectivity index (χ4n) is 3.93. The molecule has 2 aromatic carbocycles. The molecule has 25 heavy (non-hydrogen) atoms. The molecule has 2 aromatic rings. The van der Waals surface area contributed by atoms with E-state index in [1.165, 1.54) is 22.3 Å². The number of amides is 1. The molecular formula is C21H20N2O2. The van der Waals surface area contributed by atoms with Crippen molar-refractivity contribution in [3.63, 3.8) is 0 Å². The van der Waals surface area contributed by atoms with E-state index in [-0.39, 0.29) is 17.9 Å². The van der Waals surface area contributed by atoms with Gasteiger partial charge in [0.25, 0.3) is 0 Å². The molecule has 0 spiro atoms. The maximum absolute atomic E-state index is 12.4. The fraction of sp³-hybridized carbons (Fsp3) is 0.333. The van der Waals surface area contributed by atoms with E-state index in [2.05, 4.69) is 30.3 Å². The highest BCUT2D eigenvalue weighted by molar-refractivity contribution is 5.79. The van der Waals surface area contributed by atoms with Crippen molar-refractivity contribution in [2.24, 2.45) is 5.92 Å². The molecule has 1 amide bonds. The third kappa shape index (κ3) is 2.87. The molecule has 1 aliphatic carbocycles. The van der Waals surface area contributed by atoms with Crippen LogP contribution in [0, 0.1) is 17.2 Å². The first-order valence-electron chi connectivity index (χ1n) is 8.77. The Balaban J connectivity index is 1.50. The van der Waals surface area contributed by atoms with Gasteiger partial charge in [0, 0.05) is 19.0 Å². The van der Waals surface area contributed by atoms with Gasteiger partial charge in [0.15, 0.2) is 0 Å². The van der Waals surface area contributed by atoms with Crippen LogP contribution in [0.1, 0.15) is 29.9 Å². The minimum absolute atomic E-state index is 0.0748. The van der Waals surface area contributed by atoms with Gasteiger partial charge in [-0.2, -0.15) is 5.26 Å². The van der Waals surface area contributed by atoms with Crippen molar-refractivity contribution in [2.75, 3.05) is 19.7 Å². The highest BCUT2D eigenvalue weighted by Gasteiger charge is 2.30. The summed E-state index contributed by atoms with van der Waals surface area (Å²) in [5.41, 5.74) is 4.87. The summed E-state index contributed by atoms with van der Waals surface area (Å²) in [4.78, 5) is 14.1. The molecule has 4 heteroatoms. The predicted octanol–water partition coefficient (Wildman–Crippen LogP) is 4.17. The van der Waals surface area contributed by atoms with Gasteiger partial charge in [-0.05, 0) is 35.1 Å². The Morgan fingerprint density at radius 1 is 1.12 bits per heavy atom. The Kier molecular flexibility index (Phi) is 4.15. The van der Waals surface area contributed by atoms with Crippen LogP contribution < -0.4 is 0 Å². The SMILES string of the molecule is N#C[C@@H]1CCCN(C(=O)OCC2c3ccccc3-c3ccccc32)C1. The Morgan fingerprint density at radius 3 is 2.40 bits per heavy atom. The molecule has 1 aliphatic heterocycles. The summed E-state index contributed by atoms with van der Waals surface area (Å²) in [5.74, 6) is 0.00198. The lowest BCUT2D eigenvalue weighted by atomic mass is 9.98. The van der Waals surface area contributed by atoms with Crippen molar-refractivity contribution in [2.45, 2.75) is 18.8 Å². The van der Waals surface area contributed by atoms with E-state index in [1.807, 2.05) is 24.3 Å². The first-order valence-corrected chi connectivity index (χ1v) is 8.77. The highest BCUT2D eigenvalue weighted by atomic mass is 16.6. The van der Waals surface area contributed by atoms with Gasteiger partial charge in [0.05, 0.1) is 12.0 Å². The van der Waals surface area contributed by atoms with Gasteiger partial charge in [0.2, 0.25) is 0 Å². The first kappa shape index (κ1) is 15.7. The van der Waals surface area contributed by atoms with Gasteiger partial charge < -0.3 is 9.64 Å². The van der Waals surface area contributed by atoms with Gasteiger partial charge >= 0.3 is 6.09 Å². The zero-order valence-electron chi connectivity index (χ0n) is 14.0. The number of fused-ring (bicyclic) bond motifs is 3. The number of ether oxygens (including phenoxy) is 1. The number of hydrogen-bond donors (Lipinski definition) is 0. The normalized spacial score (nSPS) is 19.0. The zero-order valence-corrected chi connectivity index (χ0v) is 14.0. The number of hydrogen-bond acceptors (Lipinski definition) is 3. The summed E-state index contributed by atoms with van der Waals surface area (Å²) in [5, 5.41) is 9.08. The Morgan fingerprint density at radius 2 is 1.76 bits per heavy atom. The molecule has 126 valence electrons. The number of nitriles is 1. The smallest absolute Gasteiger partial charge is 0.409 e. The van der Waals surface area contributed by atoms with Gasteiger partial charge in [-0.1, -0.05) is 48.5 Å². The molecule has 0 unspecified atom stereocenters. The summed E-state index contributed by atoms with van der Waals surface area (Å²) < 4.78 is 5.65. The van der Waals surface area contributed by atoms with Crippen LogP contribution in [0.5, 0.6) is 0 Å². The van der Waals surface area contributed by atoms with E-state index in [0.717, 1.165) is 12.8 Å².